The highest BCUT2D eigenvalue weighted by molar-refractivity contribution is 7.97. The van der Waals surface area contributed by atoms with Crippen molar-refractivity contribution < 1.29 is 19.1 Å². The predicted octanol–water partition coefficient (Wildman–Crippen LogP) is 5.85. The Labute approximate surface area is 219 Å². The van der Waals surface area contributed by atoms with Gasteiger partial charge < -0.3 is 19.1 Å². The number of benzene rings is 3. The standard InChI is InChI=1S/C29H25N3O4S/c1-18(19-11-12-21-17-22(35-3)14-13-20(21)16-19)29(34)36-27-23-8-4-5-9-24(23)37-32(2)26(27)28(33)31-25-10-6-7-15-30-25/h4-18H,1-3H3,(H,30,31,33). The number of carbonyl (C=O) groups is 2. The summed E-state index contributed by atoms with van der Waals surface area (Å²) in [5, 5.41) is 4.81. The number of rotatable bonds is 6. The molecule has 0 spiro atoms. The fourth-order valence-corrected chi connectivity index (χ4v) is 5.07. The highest BCUT2D eigenvalue weighted by Crippen LogP contribution is 2.41. The minimum atomic E-state index is -0.564. The number of nitrogens with zero attached hydrogens (tertiary/aromatic N) is 2. The van der Waals surface area contributed by atoms with Crippen molar-refractivity contribution >= 4 is 46.2 Å². The summed E-state index contributed by atoms with van der Waals surface area (Å²) in [7, 11) is 3.40. The van der Waals surface area contributed by atoms with E-state index in [1.807, 2.05) is 60.7 Å². The average Bonchev–Trinajstić information content (AvgIpc) is 2.92. The summed E-state index contributed by atoms with van der Waals surface area (Å²) in [6.45, 7) is 1.80. The molecule has 0 saturated heterocycles. The Balaban J connectivity index is 1.48. The lowest BCUT2D eigenvalue weighted by Gasteiger charge is -2.29. The van der Waals surface area contributed by atoms with Gasteiger partial charge in [-0.15, -0.1) is 0 Å². The second-order valence-corrected chi connectivity index (χ2v) is 9.72. The zero-order valence-electron chi connectivity index (χ0n) is 20.6. The van der Waals surface area contributed by atoms with E-state index in [0.29, 0.717) is 11.4 Å². The summed E-state index contributed by atoms with van der Waals surface area (Å²) in [6, 6.07) is 24.4. The van der Waals surface area contributed by atoms with Crippen LogP contribution in [0.1, 0.15) is 24.0 Å². The Morgan fingerprint density at radius 1 is 0.973 bits per heavy atom. The third-order valence-electron chi connectivity index (χ3n) is 6.15. The molecule has 3 aromatic carbocycles. The maximum atomic E-state index is 13.4. The molecule has 1 N–H and O–H groups in total. The molecule has 5 rings (SSSR count). The maximum Gasteiger partial charge on any atom is 0.318 e. The Kier molecular flexibility index (Phi) is 6.83. The number of hydrogen-bond acceptors (Lipinski definition) is 7. The molecule has 0 bridgehead atoms. The summed E-state index contributed by atoms with van der Waals surface area (Å²) in [5.74, 6) is -0.0450. The van der Waals surface area contributed by atoms with Crippen LogP contribution in [0.15, 0.2) is 95.7 Å². The molecule has 0 fully saturated rings. The summed E-state index contributed by atoms with van der Waals surface area (Å²) < 4.78 is 13.0. The van der Waals surface area contributed by atoms with E-state index in [0.717, 1.165) is 27.0 Å². The van der Waals surface area contributed by atoms with Crippen LogP contribution in [0.25, 0.3) is 16.5 Å². The van der Waals surface area contributed by atoms with Gasteiger partial charge in [-0.2, -0.15) is 0 Å². The molecule has 186 valence electrons. The third-order valence-corrected chi connectivity index (χ3v) is 7.16. The van der Waals surface area contributed by atoms with Crippen LogP contribution < -0.4 is 10.1 Å². The summed E-state index contributed by atoms with van der Waals surface area (Å²) in [6.07, 6.45) is 1.60. The van der Waals surface area contributed by atoms with Gasteiger partial charge in [-0.3, -0.25) is 9.59 Å². The first-order chi connectivity index (χ1) is 17.9. The molecule has 1 aromatic heterocycles. The number of likely N-dealkylation sites (N-methyl/N-ethyl adjacent to an activating group) is 1. The molecule has 2 heterocycles. The molecule has 1 aliphatic rings. The molecule has 0 radical (unpaired) electrons. The Morgan fingerprint density at radius 2 is 1.73 bits per heavy atom. The zero-order chi connectivity index (χ0) is 25.9. The van der Waals surface area contributed by atoms with E-state index in [1.54, 1.807) is 49.8 Å². The number of nitrogens with one attached hydrogen (secondary N) is 1. The van der Waals surface area contributed by atoms with E-state index in [9.17, 15) is 9.59 Å². The molecule has 4 aromatic rings. The Morgan fingerprint density at radius 3 is 2.51 bits per heavy atom. The maximum absolute atomic E-state index is 13.4. The number of methoxy groups -OCH3 is 1. The topological polar surface area (TPSA) is 80.8 Å². The van der Waals surface area contributed by atoms with Crippen LogP contribution in [0.4, 0.5) is 5.82 Å². The Bertz CT molecular complexity index is 1520. The SMILES string of the molecule is COc1ccc2cc(C(C)C(=O)OC3=C(C(=O)Nc4ccccn4)N(C)Sc4ccccc43)ccc2c1. The smallest absolute Gasteiger partial charge is 0.318 e. The molecule has 1 atom stereocenters. The summed E-state index contributed by atoms with van der Waals surface area (Å²) in [4.78, 5) is 31.9. The van der Waals surface area contributed by atoms with E-state index in [2.05, 4.69) is 10.3 Å². The second kappa shape index (κ2) is 10.4. The lowest BCUT2D eigenvalue weighted by Crippen LogP contribution is -2.29. The fraction of sp³-hybridized carbons (Fsp3) is 0.138. The summed E-state index contributed by atoms with van der Waals surface area (Å²) in [5.41, 5.74) is 1.73. The van der Waals surface area contributed by atoms with Crippen molar-refractivity contribution in [2.45, 2.75) is 17.7 Å². The van der Waals surface area contributed by atoms with Crippen molar-refractivity contribution in [1.29, 1.82) is 0 Å². The molecule has 8 heteroatoms. The van der Waals surface area contributed by atoms with Gasteiger partial charge in [-0.1, -0.05) is 42.5 Å². The van der Waals surface area contributed by atoms with Gasteiger partial charge in [0.25, 0.3) is 5.91 Å². The monoisotopic (exact) mass is 511 g/mol. The highest BCUT2D eigenvalue weighted by Gasteiger charge is 2.32. The van der Waals surface area contributed by atoms with Gasteiger partial charge >= 0.3 is 5.97 Å². The molecule has 7 nitrogen and oxygen atoms in total. The van der Waals surface area contributed by atoms with Gasteiger partial charge in [0.15, 0.2) is 11.5 Å². The van der Waals surface area contributed by atoms with Crippen LogP contribution in [0, 0.1) is 0 Å². The molecule has 0 aliphatic carbocycles. The molecule has 37 heavy (non-hydrogen) atoms. The number of carbonyl (C=O) groups excluding carboxylic acids is 2. The first kappa shape index (κ1) is 24.4. The minimum absolute atomic E-state index is 0.215. The lowest BCUT2D eigenvalue weighted by molar-refractivity contribution is -0.138. The largest absolute Gasteiger partial charge is 0.497 e. The fourth-order valence-electron chi connectivity index (χ4n) is 4.12. The number of esters is 1. The van der Waals surface area contributed by atoms with Crippen molar-refractivity contribution in [1.82, 2.24) is 9.29 Å². The quantitative estimate of drug-likeness (QED) is 0.257. The minimum Gasteiger partial charge on any atom is -0.497 e. The second-order valence-electron chi connectivity index (χ2n) is 8.55. The van der Waals surface area contributed by atoms with Gasteiger partial charge in [-0.05, 0) is 71.6 Å². The van der Waals surface area contributed by atoms with Crippen molar-refractivity contribution in [3.8, 4) is 5.75 Å². The van der Waals surface area contributed by atoms with Crippen molar-refractivity contribution in [3.05, 3.63) is 102 Å². The number of pyridine rings is 1. The van der Waals surface area contributed by atoms with Crippen molar-refractivity contribution in [2.24, 2.45) is 0 Å². The van der Waals surface area contributed by atoms with Crippen LogP contribution >= 0.6 is 11.9 Å². The highest BCUT2D eigenvalue weighted by atomic mass is 32.2. The first-order valence-corrected chi connectivity index (χ1v) is 12.5. The van der Waals surface area contributed by atoms with E-state index in [1.165, 1.54) is 11.9 Å². The van der Waals surface area contributed by atoms with E-state index in [-0.39, 0.29) is 11.5 Å². The molecule has 0 saturated carbocycles. The number of anilines is 1. The normalized spacial score (nSPS) is 13.6. The number of amides is 1. The summed E-state index contributed by atoms with van der Waals surface area (Å²) >= 11 is 1.39. The van der Waals surface area contributed by atoms with Crippen LogP contribution in [0.3, 0.4) is 0 Å². The van der Waals surface area contributed by atoms with Crippen molar-refractivity contribution in [2.75, 3.05) is 19.5 Å². The number of fused-ring (bicyclic) bond motifs is 2. The average molecular weight is 512 g/mol. The van der Waals surface area contributed by atoms with Crippen LogP contribution in [0.2, 0.25) is 0 Å². The van der Waals surface area contributed by atoms with Gasteiger partial charge in [0.05, 0.1) is 13.0 Å². The van der Waals surface area contributed by atoms with Crippen molar-refractivity contribution in [3.63, 3.8) is 0 Å². The van der Waals surface area contributed by atoms with Gasteiger partial charge in [0.1, 0.15) is 11.6 Å². The molecule has 1 unspecified atom stereocenters. The number of aromatic nitrogens is 1. The first-order valence-electron chi connectivity index (χ1n) is 11.7. The van der Waals surface area contributed by atoms with E-state index >= 15 is 0 Å². The lowest BCUT2D eigenvalue weighted by atomic mass is 9.97. The van der Waals surface area contributed by atoms with Gasteiger partial charge in [0.2, 0.25) is 0 Å². The van der Waals surface area contributed by atoms with Crippen LogP contribution in [0.5, 0.6) is 5.75 Å². The Hall–Kier alpha value is -4.30. The third kappa shape index (κ3) is 5.01. The number of hydrogen-bond donors (Lipinski definition) is 1. The number of ether oxygens (including phenoxy) is 2. The van der Waals surface area contributed by atoms with Crippen LogP contribution in [-0.2, 0) is 14.3 Å². The molecule has 1 amide bonds. The molecular formula is C29H25N3O4S. The van der Waals surface area contributed by atoms with E-state index in [4.69, 9.17) is 9.47 Å². The molecule has 1 aliphatic heterocycles. The van der Waals surface area contributed by atoms with E-state index < -0.39 is 17.8 Å². The predicted molar refractivity (Wildman–Crippen MR) is 145 cm³/mol. The van der Waals surface area contributed by atoms with Gasteiger partial charge in [-0.25, -0.2) is 4.98 Å². The zero-order valence-corrected chi connectivity index (χ0v) is 21.4. The molecular weight excluding hydrogens is 486 g/mol. The van der Waals surface area contributed by atoms with Gasteiger partial charge in [0, 0.05) is 23.7 Å². The van der Waals surface area contributed by atoms with Crippen LogP contribution in [-0.4, -0.2) is 35.3 Å².